The van der Waals surface area contributed by atoms with Crippen molar-refractivity contribution in [3.63, 3.8) is 0 Å². The van der Waals surface area contributed by atoms with Crippen molar-refractivity contribution < 1.29 is 29.1 Å². The molecule has 0 amide bonds. The van der Waals surface area contributed by atoms with Gasteiger partial charge in [-0.05, 0) is 49.6 Å². The minimum Gasteiger partial charge on any atom is -0.467 e. The summed E-state index contributed by atoms with van der Waals surface area (Å²) in [6.45, 7) is 1.67. The number of methoxy groups -OCH3 is 3. The lowest BCUT2D eigenvalue weighted by atomic mass is 9.95. The molecule has 0 aliphatic heterocycles. The van der Waals surface area contributed by atoms with Gasteiger partial charge in [-0.1, -0.05) is 42.5 Å². The molecule has 0 spiro atoms. The highest BCUT2D eigenvalue weighted by Gasteiger charge is 2.32. The lowest BCUT2D eigenvalue weighted by molar-refractivity contribution is -0.484. The summed E-state index contributed by atoms with van der Waals surface area (Å²) < 4.78 is 21.2. The number of nitrogens with two attached hydrogens (primary N) is 3. The van der Waals surface area contributed by atoms with E-state index in [0.29, 0.717) is 34.3 Å². The summed E-state index contributed by atoms with van der Waals surface area (Å²) in [6.07, 6.45) is 6.44. The molecule has 21 nitrogen and oxygen atoms in total. The fraction of sp³-hybridized carbons (Fsp3) is 0.162. The largest absolute Gasteiger partial charge is 0.467 e. The Hall–Kier alpha value is -8.07. The zero-order chi connectivity index (χ0) is 40.5. The average Bonchev–Trinajstić information content (AvgIpc) is 4.00. The molecule has 2 aromatic carbocycles. The van der Waals surface area contributed by atoms with Gasteiger partial charge in [-0.25, -0.2) is 14.3 Å². The van der Waals surface area contributed by atoms with Crippen molar-refractivity contribution in [1.82, 2.24) is 54.1 Å². The number of carbonyl (C=O) groups excluding carboxylic acids is 2. The number of quaternary nitrogens is 1. The van der Waals surface area contributed by atoms with Crippen LogP contribution in [0.2, 0.25) is 0 Å². The van der Waals surface area contributed by atoms with E-state index in [1.807, 2.05) is 54.6 Å². The molecule has 5 heterocycles. The SMILES string of the molecule is COC(=O)c1cnn(-c2ccccc2)c1N=Nc1c(C)nn(-c2nc(OC)nc(-n3nc(C4=CCC4)c([NH2+]c4c(C(=O)OC)cnn4-c4ccccc4)c3N)n2)c1N. The second-order valence-electron chi connectivity index (χ2n) is 12.6. The lowest BCUT2D eigenvalue weighted by Gasteiger charge is -2.13. The number of hydrogen-bond acceptors (Lipinski definition) is 16. The molecular weight excluding hydrogens is 749 g/mol. The standard InChI is InChI=1S/C37H34N16O5/c1-20-26(46-47-32-25(34(55)57-3)19-41-51(32)23-16-9-6-10-17-23)29(38)52(48-20)35-43-36(45-37(44-35)58-4)53-30(39)28(27(49-53)21-12-11-13-21)42-31-24(33(54)56-2)18-40-50(31)22-14-7-5-8-15-22/h5-10,12,14-19,42H,11,13,38-39H2,1-4H3/p+1. The first kappa shape index (κ1) is 36.9. The molecule has 58 heavy (non-hydrogen) atoms. The Morgan fingerprint density at radius 1 is 0.741 bits per heavy atom. The molecule has 0 atom stereocenters. The Morgan fingerprint density at radius 2 is 1.33 bits per heavy atom. The van der Waals surface area contributed by atoms with Crippen LogP contribution < -0.4 is 21.5 Å². The second-order valence-corrected chi connectivity index (χ2v) is 12.6. The number of ether oxygens (including phenoxy) is 3. The van der Waals surface area contributed by atoms with E-state index in [4.69, 9.17) is 30.8 Å². The minimum atomic E-state index is -0.650. The van der Waals surface area contributed by atoms with Crippen molar-refractivity contribution in [1.29, 1.82) is 0 Å². The normalized spacial score (nSPS) is 12.4. The highest BCUT2D eigenvalue weighted by molar-refractivity contribution is 5.94. The van der Waals surface area contributed by atoms with Crippen LogP contribution >= 0.6 is 0 Å². The number of nitrogen functional groups attached to an aromatic ring is 2. The van der Waals surface area contributed by atoms with Crippen LogP contribution in [0, 0.1) is 6.92 Å². The van der Waals surface area contributed by atoms with Crippen LogP contribution in [0.15, 0.2) is 89.4 Å². The number of hydrogen-bond donors (Lipinski definition) is 3. The summed E-state index contributed by atoms with van der Waals surface area (Å²) in [7, 11) is 3.96. The van der Waals surface area contributed by atoms with Crippen LogP contribution in [0.25, 0.3) is 28.8 Å². The van der Waals surface area contributed by atoms with E-state index in [2.05, 4.69) is 40.5 Å². The average molecular weight is 784 g/mol. The summed E-state index contributed by atoms with van der Waals surface area (Å²) in [5.41, 5.74) is 17.7. The zero-order valence-electron chi connectivity index (χ0n) is 31.5. The third-order valence-corrected chi connectivity index (χ3v) is 9.17. The number of esters is 2. The molecule has 21 heteroatoms. The maximum absolute atomic E-state index is 12.9. The van der Waals surface area contributed by atoms with Gasteiger partial charge in [-0.2, -0.15) is 49.4 Å². The number of anilines is 2. The molecule has 0 bridgehead atoms. The lowest BCUT2D eigenvalue weighted by Crippen LogP contribution is -2.73. The molecule has 7 aromatic rings. The van der Waals surface area contributed by atoms with Crippen LogP contribution in [0.4, 0.5) is 34.6 Å². The van der Waals surface area contributed by atoms with Crippen molar-refractivity contribution in [3.8, 4) is 29.3 Å². The van der Waals surface area contributed by atoms with Crippen LogP contribution in [-0.2, 0) is 9.47 Å². The predicted molar refractivity (Wildman–Crippen MR) is 207 cm³/mol. The molecule has 1 aliphatic carbocycles. The summed E-state index contributed by atoms with van der Waals surface area (Å²) in [4.78, 5) is 39.1. The number of benzene rings is 2. The highest BCUT2D eigenvalue weighted by atomic mass is 16.5. The number of carbonyl (C=O) groups is 2. The Bertz CT molecular complexity index is 2750. The fourth-order valence-electron chi connectivity index (χ4n) is 6.13. The monoisotopic (exact) mass is 783 g/mol. The van der Waals surface area contributed by atoms with Crippen molar-refractivity contribution >= 4 is 52.2 Å². The van der Waals surface area contributed by atoms with E-state index in [-0.39, 0.29) is 52.2 Å². The van der Waals surface area contributed by atoms with Gasteiger partial charge in [0.25, 0.3) is 11.9 Å². The maximum Gasteiger partial charge on any atom is 0.347 e. The third-order valence-electron chi connectivity index (χ3n) is 9.17. The molecule has 8 rings (SSSR count). The topological polar surface area (TPSA) is 265 Å². The van der Waals surface area contributed by atoms with Crippen molar-refractivity contribution in [2.75, 3.05) is 32.8 Å². The third kappa shape index (κ3) is 6.55. The van der Waals surface area contributed by atoms with Gasteiger partial charge in [0.05, 0.1) is 50.8 Å². The number of aromatic nitrogens is 11. The Labute approximate surface area is 328 Å². The maximum atomic E-state index is 12.9. The molecule has 0 fully saturated rings. The van der Waals surface area contributed by atoms with Gasteiger partial charge in [0.2, 0.25) is 11.5 Å². The summed E-state index contributed by atoms with van der Waals surface area (Å²) in [5, 5.41) is 28.7. The number of nitrogens with zero attached hydrogens (tertiary/aromatic N) is 13. The van der Waals surface area contributed by atoms with Crippen LogP contribution in [0.5, 0.6) is 6.01 Å². The second kappa shape index (κ2) is 15.2. The molecule has 5 aromatic heterocycles. The van der Waals surface area contributed by atoms with Gasteiger partial charge in [0, 0.05) is 0 Å². The molecule has 0 saturated heterocycles. The molecule has 0 radical (unpaired) electrons. The fourth-order valence-corrected chi connectivity index (χ4v) is 6.13. The molecule has 0 saturated carbocycles. The van der Waals surface area contributed by atoms with Crippen LogP contribution in [-0.4, -0.2) is 87.3 Å². The molecule has 6 N–H and O–H groups in total. The Balaban J connectivity index is 1.20. The minimum absolute atomic E-state index is 0.0122. The molecule has 292 valence electrons. The summed E-state index contributed by atoms with van der Waals surface area (Å²) in [6, 6.07) is 18.3. The quantitative estimate of drug-likeness (QED) is 0.118. The van der Waals surface area contributed by atoms with E-state index in [1.165, 1.54) is 47.8 Å². The first-order valence-electron chi connectivity index (χ1n) is 17.6. The first-order valence-corrected chi connectivity index (χ1v) is 17.6. The van der Waals surface area contributed by atoms with Crippen LogP contribution in [0.1, 0.15) is 44.9 Å². The zero-order valence-corrected chi connectivity index (χ0v) is 31.5. The van der Waals surface area contributed by atoms with Gasteiger partial charge in [-0.15, -0.1) is 10.2 Å². The van der Waals surface area contributed by atoms with Crippen molar-refractivity contribution in [2.45, 2.75) is 19.8 Å². The molecule has 1 aliphatic rings. The first-order chi connectivity index (χ1) is 28.2. The smallest absolute Gasteiger partial charge is 0.347 e. The van der Waals surface area contributed by atoms with E-state index in [9.17, 15) is 9.59 Å². The molecule has 0 unspecified atom stereocenters. The van der Waals surface area contributed by atoms with E-state index in [1.54, 1.807) is 29.1 Å². The number of azo groups is 1. The number of para-hydroxylation sites is 2. The summed E-state index contributed by atoms with van der Waals surface area (Å²) >= 11 is 0. The Morgan fingerprint density at radius 3 is 1.93 bits per heavy atom. The number of aryl methyl sites for hydroxylation is 1. The number of rotatable bonds is 12. The van der Waals surface area contributed by atoms with Crippen molar-refractivity contribution in [3.05, 3.63) is 102 Å². The van der Waals surface area contributed by atoms with Gasteiger partial charge in [0.1, 0.15) is 5.56 Å². The predicted octanol–water partition coefficient (Wildman–Crippen LogP) is 3.79. The van der Waals surface area contributed by atoms with Gasteiger partial charge < -0.3 is 25.7 Å². The summed E-state index contributed by atoms with van der Waals surface area (Å²) in [5.74, 6) is -0.601. The van der Waals surface area contributed by atoms with Gasteiger partial charge >= 0.3 is 17.9 Å². The molecular formula is C37H35N16O5+. The van der Waals surface area contributed by atoms with E-state index >= 15 is 0 Å². The van der Waals surface area contributed by atoms with E-state index in [0.717, 1.165) is 18.4 Å². The van der Waals surface area contributed by atoms with Crippen molar-refractivity contribution in [2.24, 2.45) is 10.2 Å². The van der Waals surface area contributed by atoms with E-state index < -0.39 is 11.9 Å². The van der Waals surface area contributed by atoms with Crippen LogP contribution in [0.3, 0.4) is 0 Å². The van der Waals surface area contributed by atoms with Gasteiger partial charge in [-0.3, -0.25) is 5.32 Å². The van der Waals surface area contributed by atoms with Gasteiger partial charge in [0.15, 0.2) is 34.4 Å². The highest BCUT2D eigenvalue weighted by Crippen LogP contribution is 2.36. The Kier molecular flexibility index (Phi) is 9.68. The number of allylic oxidation sites excluding steroid dienone is 2.